The Labute approximate surface area is 130 Å². The van der Waals surface area contributed by atoms with E-state index >= 15 is 0 Å². The molecule has 1 amide bonds. The fraction of sp³-hybridized carbons (Fsp3) is 0.667. The van der Waals surface area contributed by atoms with Gasteiger partial charge in [-0.15, -0.1) is 11.3 Å². The van der Waals surface area contributed by atoms with Gasteiger partial charge in [0, 0.05) is 16.3 Å². The van der Waals surface area contributed by atoms with Crippen LogP contribution in [0.3, 0.4) is 0 Å². The van der Waals surface area contributed by atoms with Gasteiger partial charge < -0.3 is 4.90 Å². The first-order valence-corrected chi connectivity index (χ1v) is 9.50. The molecule has 0 aromatic carbocycles. The SMILES string of the molecule is CCCC1NC(c2ccc(C)s2)N(CCCSC)C1=O. The van der Waals surface area contributed by atoms with E-state index in [0.717, 1.165) is 31.6 Å². The van der Waals surface area contributed by atoms with Crippen molar-refractivity contribution < 1.29 is 4.79 Å². The van der Waals surface area contributed by atoms with Gasteiger partial charge in [-0.1, -0.05) is 13.3 Å². The summed E-state index contributed by atoms with van der Waals surface area (Å²) in [5.41, 5.74) is 0. The van der Waals surface area contributed by atoms with Crippen molar-refractivity contribution in [3.63, 3.8) is 0 Å². The zero-order valence-corrected chi connectivity index (χ0v) is 14.1. The summed E-state index contributed by atoms with van der Waals surface area (Å²) in [5.74, 6) is 1.39. The molecular weight excluding hydrogens is 288 g/mol. The molecule has 1 N–H and O–H groups in total. The predicted molar refractivity (Wildman–Crippen MR) is 88.3 cm³/mol. The van der Waals surface area contributed by atoms with Crippen molar-refractivity contribution >= 4 is 29.0 Å². The number of hydrogen-bond donors (Lipinski definition) is 1. The average Bonchev–Trinajstić information content (AvgIpc) is 2.97. The Morgan fingerprint density at radius 2 is 2.25 bits per heavy atom. The molecule has 0 aliphatic carbocycles. The van der Waals surface area contributed by atoms with Gasteiger partial charge in [0.15, 0.2) is 0 Å². The van der Waals surface area contributed by atoms with E-state index in [-0.39, 0.29) is 18.1 Å². The van der Waals surface area contributed by atoms with E-state index in [2.05, 4.69) is 37.6 Å². The topological polar surface area (TPSA) is 32.3 Å². The lowest BCUT2D eigenvalue weighted by Gasteiger charge is -2.23. The minimum Gasteiger partial charge on any atom is -0.321 e. The van der Waals surface area contributed by atoms with Crippen molar-refractivity contribution in [1.29, 1.82) is 0 Å². The molecule has 0 bridgehead atoms. The van der Waals surface area contributed by atoms with E-state index in [9.17, 15) is 4.79 Å². The van der Waals surface area contributed by atoms with Crippen LogP contribution < -0.4 is 5.32 Å². The lowest BCUT2D eigenvalue weighted by Crippen LogP contribution is -2.32. The second-order valence-electron chi connectivity index (χ2n) is 5.24. The maximum Gasteiger partial charge on any atom is 0.241 e. The van der Waals surface area contributed by atoms with Gasteiger partial charge in [0.25, 0.3) is 0 Å². The Hall–Kier alpha value is -0.520. The van der Waals surface area contributed by atoms with Gasteiger partial charge in [0.05, 0.1) is 6.04 Å². The van der Waals surface area contributed by atoms with Crippen LogP contribution in [0.1, 0.15) is 42.1 Å². The van der Waals surface area contributed by atoms with Gasteiger partial charge in [0.1, 0.15) is 6.17 Å². The van der Waals surface area contributed by atoms with E-state index in [1.807, 2.05) is 16.7 Å². The standard InChI is InChI=1S/C15H24N2OS2/c1-4-6-12-15(18)17(9-5-10-19-3)14(16-12)13-8-7-11(2)20-13/h7-8,12,14,16H,4-6,9-10H2,1-3H3. The minimum atomic E-state index is 0.00156. The Kier molecular flexibility index (Phi) is 5.93. The number of nitrogens with one attached hydrogen (secondary N) is 1. The van der Waals surface area contributed by atoms with E-state index < -0.39 is 0 Å². The third-order valence-electron chi connectivity index (χ3n) is 3.61. The second-order valence-corrected chi connectivity index (χ2v) is 7.54. The molecule has 0 saturated carbocycles. The third kappa shape index (κ3) is 3.57. The van der Waals surface area contributed by atoms with Crippen LogP contribution >= 0.6 is 23.1 Å². The predicted octanol–water partition coefficient (Wildman–Crippen LogP) is 3.41. The summed E-state index contributed by atoms with van der Waals surface area (Å²) >= 11 is 3.63. The first-order chi connectivity index (χ1) is 9.67. The molecule has 1 fully saturated rings. The summed E-state index contributed by atoms with van der Waals surface area (Å²) in [6.07, 6.45) is 5.23. The van der Waals surface area contributed by atoms with Crippen molar-refractivity contribution in [1.82, 2.24) is 10.2 Å². The molecule has 2 rings (SSSR count). The van der Waals surface area contributed by atoms with Crippen LogP contribution in [-0.4, -0.2) is 35.4 Å². The second kappa shape index (κ2) is 7.48. The third-order valence-corrected chi connectivity index (χ3v) is 5.36. The van der Waals surface area contributed by atoms with Crippen molar-refractivity contribution in [2.24, 2.45) is 0 Å². The van der Waals surface area contributed by atoms with Crippen molar-refractivity contribution in [2.75, 3.05) is 18.6 Å². The zero-order valence-electron chi connectivity index (χ0n) is 12.5. The fourth-order valence-corrected chi connectivity index (χ4v) is 4.00. The summed E-state index contributed by atoms with van der Waals surface area (Å²) in [6.45, 7) is 5.11. The smallest absolute Gasteiger partial charge is 0.241 e. The summed E-state index contributed by atoms with van der Waals surface area (Å²) in [7, 11) is 0. The normalized spacial score (nSPS) is 22.8. The Bertz CT molecular complexity index is 447. The van der Waals surface area contributed by atoms with Crippen molar-refractivity contribution in [3.8, 4) is 0 Å². The highest BCUT2D eigenvalue weighted by atomic mass is 32.2. The first kappa shape index (κ1) is 15.9. The van der Waals surface area contributed by atoms with Gasteiger partial charge in [-0.3, -0.25) is 10.1 Å². The van der Waals surface area contributed by atoms with E-state index in [1.54, 1.807) is 11.3 Å². The van der Waals surface area contributed by atoms with Gasteiger partial charge in [-0.05, 0) is 43.9 Å². The summed E-state index contributed by atoms with van der Waals surface area (Å²) in [6, 6.07) is 4.29. The Morgan fingerprint density at radius 1 is 1.45 bits per heavy atom. The molecule has 2 heterocycles. The summed E-state index contributed by atoms with van der Waals surface area (Å²) in [4.78, 5) is 17.2. The molecule has 20 heavy (non-hydrogen) atoms. The number of rotatable bonds is 7. The van der Waals surface area contributed by atoms with Gasteiger partial charge in [-0.2, -0.15) is 11.8 Å². The van der Waals surface area contributed by atoms with Crippen molar-refractivity contribution in [3.05, 3.63) is 21.9 Å². The lowest BCUT2D eigenvalue weighted by atomic mass is 10.2. The molecule has 1 aromatic heterocycles. The van der Waals surface area contributed by atoms with Crippen LogP contribution in [0.5, 0.6) is 0 Å². The average molecular weight is 313 g/mol. The van der Waals surface area contributed by atoms with Crippen LogP contribution in [0.4, 0.5) is 0 Å². The molecule has 5 heteroatoms. The highest BCUT2D eigenvalue weighted by molar-refractivity contribution is 7.98. The fourth-order valence-electron chi connectivity index (χ4n) is 2.63. The largest absolute Gasteiger partial charge is 0.321 e. The number of aryl methyl sites for hydroxylation is 1. The maximum absolute atomic E-state index is 12.5. The maximum atomic E-state index is 12.5. The number of hydrogen-bond acceptors (Lipinski definition) is 4. The monoisotopic (exact) mass is 312 g/mol. The number of thiophene rings is 1. The summed E-state index contributed by atoms with van der Waals surface area (Å²) in [5, 5.41) is 3.53. The van der Waals surface area contributed by atoms with Crippen LogP contribution in [-0.2, 0) is 4.79 Å². The van der Waals surface area contributed by atoms with E-state index in [0.29, 0.717) is 0 Å². The van der Waals surface area contributed by atoms with Gasteiger partial charge >= 0.3 is 0 Å². The summed E-state index contributed by atoms with van der Waals surface area (Å²) < 4.78 is 0. The molecule has 1 aromatic rings. The number of amides is 1. The Balaban J connectivity index is 2.11. The van der Waals surface area contributed by atoms with E-state index in [1.165, 1.54) is 9.75 Å². The molecule has 1 aliphatic rings. The minimum absolute atomic E-state index is 0.00156. The van der Waals surface area contributed by atoms with Crippen molar-refractivity contribution in [2.45, 2.75) is 45.3 Å². The van der Waals surface area contributed by atoms with Gasteiger partial charge in [0.2, 0.25) is 5.91 Å². The number of carbonyl (C=O) groups excluding carboxylic acids is 1. The molecular formula is C15H24N2OS2. The molecule has 112 valence electrons. The van der Waals surface area contributed by atoms with Crippen LogP contribution in [0, 0.1) is 6.92 Å². The molecule has 1 saturated heterocycles. The van der Waals surface area contributed by atoms with E-state index in [4.69, 9.17) is 0 Å². The van der Waals surface area contributed by atoms with Gasteiger partial charge in [-0.25, -0.2) is 0 Å². The number of thioether (sulfide) groups is 1. The highest BCUT2D eigenvalue weighted by Crippen LogP contribution is 2.31. The lowest BCUT2D eigenvalue weighted by molar-refractivity contribution is -0.130. The molecule has 2 unspecified atom stereocenters. The molecule has 3 nitrogen and oxygen atoms in total. The molecule has 0 spiro atoms. The molecule has 0 radical (unpaired) electrons. The zero-order chi connectivity index (χ0) is 14.5. The van der Waals surface area contributed by atoms with Crippen LogP contribution in [0.15, 0.2) is 12.1 Å². The number of nitrogens with zero attached hydrogens (tertiary/aromatic N) is 1. The van der Waals surface area contributed by atoms with Crippen LogP contribution in [0.2, 0.25) is 0 Å². The highest BCUT2D eigenvalue weighted by Gasteiger charge is 2.39. The quantitative estimate of drug-likeness (QED) is 0.783. The van der Waals surface area contributed by atoms with Crippen LogP contribution in [0.25, 0.3) is 0 Å². The molecule has 1 aliphatic heterocycles. The Morgan fingerprint density at radius 3 is 2.85 bits per heavy atom. The molecule has 2 atom stereocenters. The first-order valence-electron chi connectivity index (χ1n) is 7.29. The number of carbonyl (C=O) groups is 1.